The van der Waals surface area contributed by atoms with Gasteiger partial charge in [-0.1, -0.05) is 13.3 Å². The molecule has 114 valence electrons. The molecule has 0 bridgehead atoms. The number of benzene rings is 1. The van der Waals surface area contributed by atoms with Crippen LogP contribution in [0.15, 0.2) is 18.2 Å². The molecule has 0 spiro atoms. The van der Waals surface area contributed by atoms with E-state index in [1.54, 1.807) is 6.07 Å². The van der Waals surface area contributed by atoms with E-state index in [-0.39, 0.29) is 0 Å². The zero-order valence-corrected chi connectivity index (χ0v) is 11.8. The minimum Gasteiger partial charge on any atom is -0.380 e. The van der Waals surface area contributed by atoms with E-state index in [4.69, 9.17) is 0 Å². The van der Waals surface area contributed by atoms with Gasteiger partial charge in [-0.3, -0.25) is 4.79 Å². The van der Waals surface area contributed by atoms with Crippen molar-refractivity contribution in [2.75, 3.05) is 5.32 Å². The number of hydrogen-bond acceptors (Lipinski definition) is 3. The number of carbonyl (C=O) groups is 1. The normalized spacial score (nSPS) is 14.4. The summed E-state index contributed by atoms with van der Waals surface area (Å²) >= 11 is 0. The van der Waals surface area contributed by atoms with E-state index in [1.165, 1.54) is 19.1 Å². The number of nitrogens with one attached hydrogen (secondary N) is 2. The summed E-state index contributed by atoms with van der Waals surface area (Å²) in [7, 11) is 0. The van der Waals surface area contributed by atoms with E-state index in [9.17, 15) is 18.7 Å². The number of hydrogen-bond donors (Lipinski definition) is 3. The molecule has 0 fully saturated rings. The summed E-state index contributed by atoms with van der Waals surface area (Å²) in [5, 5.41) is 12.6. The molecule has 1 amide bonds. The van der Waals surface area contributed by atoms with Crippen LogP contribution in [0.3, 0.4) is 0 Å². The van der Waals surface area contributed by atoms with Gasteiger partial charge in [-0.25, -0.2) is 13.8 Å². The van der Waals surface area contributed by atoms with Gasteiger partial charge in [0.15, 0.2) is 5.82 Å². The van der Waals surface area contributed by atoms with Gasteiger partial charge in [0.25, 0.3) is 12.3 Å². The molecular weight excluding hydrogens is 280 g/mol. The summed E-state index contributed by atoms with van der Waals surface area (Å²) in [6.45, 7) is 3.31. The number of carbonyl (C=O) groups excluding carboxylic acids is 1. The Labute approximate surface area is 120 Å². The highest BCUT2D eigenvalue weighted by Crippen LogP contribution is 2.23. The second-order valence-corrected chi connectivity index (χ2v) is 5.13. The van der Waals surface area contributed by atoms with Crippen molar-refractivity contribution in [2.45, 2.75) is 38.7 Å². The summed E-state index contributed by atoms with van der Waals surface area (Å²) in [4.78, 5) is 18.2. The van der Waals surface area contributed by atoms with E-state index in [2.05, 4.69) is 15.3 Å². The Morgan fingerprint density at radius 2 is 2.24 bits per heavy atom. The average molecular weight is 297 g/mol. The lowest BCUT2D eigenvalue weighted by Crippen LogP contribution is -2.39. The Morgan fingerprint density at radius 1 is 1.52 bits per heavy atom. The fourth-order valence-corrected chi connectivity index (χ4v) is 2.08. The molecule has 0 saturated carbocycles. The zero-order chi connectivity index (χ0) is 15.6. The topological polar surface area (TPSA) is 78.0 Å². The van der Waals surface area contributed by atoms with Crippen molar-refractivity contribution in [3.05, 3.63) is 24.0 Å². The van der Waals surface area contributed by atoms with Crippen molar-refractivity contribution < 1.29 is 18.7 Å². The number of alkyl halides is 2. The molecule has 0 aliphatic carbocycles. The van der Waals surface area contributed by atoms with Crippen LogP contribution >= 0.6 is 0 Å². The maximum atomic E-state index is 12.6. The third kappa shape index (κ3) is 3.36. The van der Waals surface area contributed by atoms with Gasteiger partial charge in [-0.15, -0.1) is 0 Å². The van der Waals surface area contributed by atoms with Gasteiger partial charge in [-0.05, 0) is 31.5 Å². The summed E-state index contributed by atoms with van der Waals surface area (Å²) in [6, 6.07) is 4.59. The van der Waals surface area contributed by atoms with E-state index >= 15 is 0 Å². The lowest BCUT2D eigenvalue weighted by atomic mass is 9.99. The number of amides is 1. The van der Waals surface area contributed by atoms with Crippen molar-refractivity contribution >= 4 is 22.6 Å². The molecule has 2 aromatic rings. The maximum Gasteiger partial charge on any atom is 0.295 e. The molecule has 2 rings (SSSR count). The van der Waals surface area contributed by atoms with Crippen LogP contribution in [-0.2, 0) is 4.79 Å². The number of nitrogens with zero attached hydrogens (tertiary/aromatic N) is 1. The van der Waals surface area contributed by atoms with Crippen molar-refractivity contribution in [1.29, 1.82) is 0 Å². The first-order valence-electron chi connectivity index (χ1n) is 6.65. The van der Waals surface area contributed by atoms with Crippen LogP contribution in [0.25, 0.3) is 11.0 Å². The highest BCUT2D eigenvalue weighted by Gasteiger charge is 2.29. The first kappa shape index (κ1) is 15.4. The molecule has 0 radical (unpaired) electrons. The van der Waals surface area contributed by atoms with Gasteiger partial charge in [0.2, 0.25) is 0 Å². The van der Waals surface area contributed by atoms with Gasteiger partial charge in [0, 0.05) is 5.69 Å². The van der Waals surface area contributed by atoms with Crippen molar-refractivity contribution in [3.8, 4) is 0 Å². The molecule has 3 N–H and O–H groups in total. The van der Waals surface area contributed by atoms with Crippen LogP contribution in [-0.4, -0.2) is 26.6 Å². The molecule has 0 saturated heterocycles. The molecule has 1 heterocycles. The minimum absolute atomic E-state index is 0.334. The van der Waals surface area contributed by atoms with Crippen LogP contribution in [0.2, 0.25) is 0 Å². The number of anilines is 1. The number of aromatic amines is 1. The van der Waals surface area contributed by atoms with Gasteiger partial charge < -0.3 is 15.4 Å². The zero-order valence-electron chi connectivity index (χ0n) is 11.8. The number of imidazole rings is 1. The van der Waals surface area contributed by atoms with Crippen LogP contribution < -0.4 is 5.32 Å². The fraction of sp³-hybridized carbons (Fsp3) is 0.429. The number of rotatable bonds is 5. The molecule has 0 aliphatic rings. The smallest absolute Gasteiger partial charge is 0.295 e. The van der Waals surface area contributed by atoms with Crippen molar-refractivity contribution in [2.24, 2.45) is 0 Å². The van der Waals surface area contributed by atoms with Crippen molar-refractivity contribution in [3.63, 3.8) is 0 Å². The molecule has 0 aliphatic heterocycles. The van der Waals surface area contributed by atoms with Gasteiger partial charge in [0.05, 0.1) is 11.0 Å². The fourth-order valence-electron chi connectivity index (χ4n) is 2.08. The molecular formula is C14H17F2N3O2. The average Bonchev–Trinajstić information content (AvgIpc) is 2.81. The van der Waals surface area contributed by atoms with E-state index in [0.717, 1.165) is 0 Å². The number of aromatic nitrogens is 2. The lowest BCUT2D eigenvalue weighted by molar-refractivity contribution is -0.133. The highest BCUT2D eigenvalue weighted by atomic mass is 19.3. The summed E-state index contributed by atoms with van der Waals surface area (Å²) in [6.07, 6.45) is -1.68. The Hall–Kier alpha value is -2.02. The minimum atomic E-state index is -2.68. The molecule has 7 heteroatoms. The summed E-state index contributed by atoms with van der Waals surface area (Å²) < 4.78 is 25.1. The van der Waals surface area contributed by atoms with Gasteiger partial charge in [-0.2, -0.15) is 0 Å². The second kappa shape index (κ2) is 5.77. The van der Waals surface area contributed by atoms with Crippen LogP contribution in [0.5, 0.6) is 0 Å². The Morgan fingerprint density at radius 3 is 2.86 bits per heavy atom. The number of H-pyrrole nitrogens is 1. The first-order chi connectivity index (χ1) is 9.83. The Balaban J connectivity index is 2.21. The third-order valence-corrected chi connectivity index (χ3v) is 3.19. The molecule has 21 heavy (non-hydrogen) atoms. The molecule has 1 unspecified atom stereocenters. The molecule has 5 nitrogen and oxygen atoms in total. The SMILES string of the molecule is CCCC(C)(O)C(=O)Nc1ccc2nc(C(F)F)[nH]c2c1. The third-order valence-electron chi connectivity index (χ3n) is 3.19. The quantitative estimate of drug-likeness (QED) is 0.794. The van der Waals surface area contributed by atoms with E-state index in [0.29, 0.717) is 29.6 Å². The largest absolute Gasteiger partial charge is 0.380 e. The van der Waals surface area contributed by atoms with Gasteiger partial charge in [0.1, 0.15) is 5.60 Å². The van der Waals surface area contributed by atoms with E-state index < -0.39 is 23.8 Å². The lowest BCUT2D eigenvalue weighted by Gasteiger charge is -2.21. The van der Waals surface area contributed by atoms with Gasteiger partial charge >= 0.3 is 0 Å². The Bertz CT molecular complexity index is 653. The summed E-state index contributed by atoms with van der Waals surface area (Å²) in [5.41, 5.74) is -0.263. The van der Waals surface area contributed by atoms with E-state index in [1.807, 2.05) is 6.92 Å². The first-order valence-corrected chi connectivity index (χ1v) is 6.65. The number of halogens is 2. The predicted octanol–water partition coefficient (Wildman–Crippen LogP) is 2.99. The van der Waals surface area contributed by atoms with Crippen LogP contribution in [0.1, 0.15) is 38.9 Å². The van der Waals surface area contributed by atoms with Crippen LogP contribution in [0.4, 0.5) is 14.5 Å². The molecule has 1 aromatic carbocycles. The maximum absolute atomic E-state index is 12.6. The number of fused-ring (bicyclic) bond motifs is 1. The predicted molar refractivity (Wildman–Crippen MR) is 75.2 cm³/mol. The Kier molecular flexibility index (Phi) is 4.22. The molecule has 1 atom stereocenters. The second-order valence-electron chi connectivity index (χ2n) is 5.13. The monoisotopic (exact) mass is 297 g/mol. The highest BCUT2D eigenvalue weighted by molar-refractivity contribution is 5.98. The van der Waals surface area contributed by atoms with Crippen LogP contribution in [0, 0.1) is 0 Å². The standard InChI is InChI=1S/C14H17F2N3O2/c1-3-6-14(2,21)13(20)17-8-4-5-9-10(7-8)19-12(18-9)11(15)16/h4-5,7,11,21H,3,6H2,1-2H3,(H,17,20)(H,18,19). The summed E-state index contributed by atoms with van der Waals surface area (Å²) in [5.74, 6) is -0.941. The molecule has 1 aromatic heterocycles. The number of aliphatic hydroxyl groups is 1. The van der Waals surface area contributed by atoms with Crippen molar-refractivity contribution in [1.82, 2.24) is 9.97 Å².